The van der Waals surface area contributed by atoms with Gasteiger partial charge in [-0.05, 0) is 45.8 Å². The molecular formula is C16H20F2N4. The molecule has 0 bridgehead atoms. The molecule has 0 unspecified atom stereocenters. The number of fused-ring (bicyclic) bond motifs is 1. The van der Waals surface area contributed by atoms with E-state index in [2.05, 4.69) is 34.3 Å². The molecule has 1 aromatic carbocycles. The van der Waals surface area contributed by atoms with Gasteiger partial charge in [-0.1, -0.05) is 0 Å². The third-order valence-corrected chi connectivity index (χ3v) is 4.45. The van der Waals surface area contributed by atoms with Crippen LogP contribution < -0.4 is 5.32 Å². The number of anilines is 1. The van der Waals surface area contributed by atoms with E-state index in [1.165, 1.54) is 12.4 Å². The lowest BCUT2D eigenvalue weighted by Gasteiger charge is -2.33. The van der Waals surface area contributed by atoms with Crippen molar-refractivity contribution in [3.63, 3.8) is 0 Å². The predicted molar refractivity (Wildman–Crippen MR) is 82.8 cm³/mol. The van der Waals surface area contributed by atoms with Crippen LogP contribution in [0.15, 0.2) is 18.5 Å². The summed E-state index contributed by atoms with van der Waals surface area (Å²) in [4.78, 5) is 10.5. The largest absolute Gasteiger partial charge is 0.367 e. The Balaban J connectivity index is 1.79. The molecule has 0 amide bonds. The van der Waals surface area contributed by atoms with E-state index in [1.54, 1.807) is 0 Å². The summed E-state index contributed by atoms with van der Waals surface area (Å²) >= 11 is 0. The third-order valence-electron chi connectivity index (χ3n) is 4.45. The molecule has 0 aliphatic heterocycles. The Labute approximate surface area is 128 Å². The van der Waals surface area contributed by atoms with Crippen molar-refractivity contribution in [3.05, 3.63) is 30.1 Å². The molecule has 1 N–H and O–H groups in total. The van der Waals surface area contributed by atoms with E-state index in [-0.39, 0.29) is 0 Å². The molecule has 0 atom stereocenters. The highest BCUT2D eigenvalue weighted by Gasteiger charge is 2.23. The van der Waals surface area contributed by atoms with Gasteiger partial charge in [0, 0.05) is 23.5 Å². The maximum atomic E-state index is 13.5. The Morgan fingerprint density at radius 3 is 2.41 bits per heavy atom. The molecule has 1 heterocycles. The predicted octanol–water partition coefficient (Wildman–Crippen LogP) is 3.19. The van der Waals surface area contributed by atoms with Gasteiger partial charge in [-0.25, -0.2) is 18.7 Å². The highest BCUT2D eigenvalue weighted by Crippen LogP contribution is 2.27. The molecule has 1 fully saturated rings. The van der Waals surface area contributed by atoms with Crippen LogP contribution in [0.5, 0.6) is 0 Å². The van der Waals surface area contributed by atoms with E-state index in [9.17, 15) is 8.78 Å². The van der Waals surface area contributed by atoms with Gasteiger partial charge in [-0.2, -0.15) is 0 Å². The van der Waals surface area contributed by atoms with Gasteiger partial charge < -0.3 is 10.2 Å². The maximum Gasteiger partial charge on any atom is 0.161 e. The van der Waals surface area contributed by atoms with Crippen LogP contribution in [0.1, 0.15) is 25.7 Å². The summed E-state index contributed by atoms with van der Waals surface area (Å²) in [6, 6.07) is 3.20. The monoisotopic (exact) mass is 306 g/mol. The second kappa shape index (κ2) is 6.12. The Morgan fingerprint density at radius 1 is 1.05 bits per heavy atom. The first-order valence-corrected chi connectivity index (χ1v) is 7.57. The number of aromatic nitrogens is 2. The lowest BCUT2D eigenvalue weighted by atomic mass is 9.90. The molecule has 0 saturated heterocycles. The maximum absolute atomic E-state index is 13.5. The first-order chi connectivity index (χ1) is 10.5. The van der Waals surface area contributed by atoms with E-state index in [0.29, 0.717) is 28.8 Å². The molecular weight excluding hydrogens is 286 g/mol. The number of rotatable bonds is 3. The highest BCUT2D eigenvalue weighted by molar-refractivity contribution is 5.88. The Kier molecular flexibility index (Phi) is 4.20. The lowest BCUT2D eigenvalue weighted by molar-refractivity contribution is 0.221. The van der Waals surface area contributed by atoms with E-state index < -0.39 is 11.6 Å². The van der Waals surface area contributed by atoms with E-state index >= 15 is 0 Å². The zero-order valence-electron chi connectivity index (χ0n) is 12.8. The normalized spacial score (nSPS) is 22.2. The molecule has 1 aromatic heterocycles. The van der Waals surface area contributed by atoms with Crippen LogP contribution in [0.25, 0.3) is 10.9 Å². The van der Waals surface area contributed by atoms with Crippen molar-refractivity contribution in [2.24, 2.45) is 0 Å². The smallest absolute Gasteiger partial charge is 0.161 e. The minimum atomic E-state index is -0.886. The number of hydrogen-bond donors (Lipinski definition) is 1. The fourth-order valence-corrected chi connectivity index (χ4v) is 3.10. The van der Waals surface area contributed by atoms with Crippen LogP contribution in [-0.2, 0) is 0 Å². The van der Waals surface area contributed by atoms with Crippen LogP contribution in [0, 0.1) is 11.6 Å². The number of nitrogens with one attached hydrogen (secondary N) is 1. The Morgan fingerprint density at radius 2 is 1.73 bits per heavy atom. The van der Waals surface area contributed by atoms with E-state index in [0.717, 1.165) is 31.7 Å². The number of halogens is 2. The molecule has 3 rings (SSSR count). The molecule has 1 aliphatic rings. The highest BCUT2D eigenvalue weighted by atomic mass is 19.2. The van der Waals surface area contributed by atoms with Crippen LogP contribution in [-0.4, -0.2) is 41.0 Å². The van der Waals surface area contributed by atoms with Crippen molar-refractivity contribution < 1.29 is 8.78 Å². The average Bonchev–Trinajstić information content (AvgIpc) is 2.50. The Bertz CT molecular complexity index is 666. The topological polar surface area (TPSA) is 41.0 Å². The van der Waals surface area contributed by atoms with Crippen LogP contribution in [0.4, 0.5) is 14.6 Å². The van der Waals surface area contributed by atoms with Crippen molar-refractivity contribution in [3.8, 4) is 0 Å². The van der Waals surface area contributed by atoms with Crippen LogP contribution in [0.3, 0.4) is 0 Å². The molecule has 0 radical (unpaired) electrons. The minimum absolute atomic E-state index is 0.308. The summed E-state index contributed by atoms with van der Waals surface area (Å²) in [6.07, 6.45) is 5.71. The van der Waals surface area contributed by atoms with Crippen molar-refractivity contribution in [1.82, 2.24) is 14.9 Å². The quantitative estimate of drug-likeness (QED) is 0.945. The van der Waals surface area contributed by atoms with Gasteiger partial charge in [0.15, 0.2) is 11.6 Å². The van der Waals surface area contributed by atoms with Gasteiger partial charge in [0.25, 0.3) is 0 Å². The number of benzene rings is 1. The molecule has 6 heteroatoms. The fraction of sp³-hybridized carbons (Fsp3) is 0.500. The lowest BCUT2D eigenvalue weighted by Crippen LogP contribution is -2.36. The number of hydrogen-bond acceptors (Lipinski definition) is 4. The molecule has 1 saturated carbocycles. The second-order valence-corrected chi connectivity index (χ2v) is 6.12. The van der Waals surface area contributed by atoms with Crippen molar-refractivity contribution in [2.45, 2.75) is 37.8 Å². The fourth-order valence-electron chi connectivity index (χ4n) is 3.10. The summed E-state index contributed by atoms with van der Waals surface area (Å²) < 4.78 is 26.8. The molecule has 2 aromatic rings. The van der Waals surface area contributed by atoms with Gasteiger partial charge >= 0.3 is 0 Å². The van der Waals surface area contributed by atoms with Crippen LogP contribution in [0.2, 0.25) is 0 Å². The van der Waals surface area contributed by atoms with Crippen molar-refractivity contribution >= 4 is 16.7 Å². The van der Waals surface area contributed by atoms with Gasteiger partial charge in [0.2, 0.25) is 0 Å². The molecule has 1 aliphatic carbocycles. The summed E-state index contributed by atoms with van der Waals surface area (Å²) in [5.41, 5.74) is 0.415. The first kappa shape index (κ1) is 15.1. The zero-order valence-corrected chi connectivity index (χ0v) is 12.8. The summed E-state index contributed by atoms with van der Waals surface area (Å²) in [5, 5.41) is 3.90. The second-order valence-electron chi connectivity index (χ2n) is 6.12. The number of nitrogens with zero attached hydrogens (tertiary/aromatic N) is 3. The summed E-state index contributed by atoms with van der Waals surface area (Å²) in [5.74, 6) is -1.18. The molecule has 22 heavy (non-hydrogen) atoms. The molecule has 118 valence electrons. The van der Waals surface area contributed by atoms with E-state index in [1.807, 2.05) is 0 Å². The van der Waals surface area contributed by atoms with Crippen molar-refractivity contribution in [1.29, 1.82) is 0 Å². The minimum Gasteiger partial charge on any atom is -0.367 e. The summed E-state index contributed by atoms with van der Waals surface area (Å²) in [7, 11) is 4.21. The Hall–Kier alpha value is -1.82. The van der Waals surface area contributed by atoms with Gasteiger partial charge in [0.1, 0.15) is 12.1 Å². The standard InChI is InChI=1S/C16H20F2N4/c1-22(2)11-5-3-10(4-6-11)21-16-12-7-13(17)14(18)8-15(12)19-9-20-16/h7-11H,3-6H2,1-2H3,(H,19,20,21). The average molecular weight is 306 g/mol. The first-order valence-electron chi connectivity index (χ1n) is 7.57. The summed E-state index contributed by atoms with van der Waals surface area (Å²) in [6.45, 7) is 0. The van der Waals surface area contributed by atoms with Gasteiger partial charge in [-0.15, -0.1) is 0 Å². The zero-order chi connectivity index (χ0) is 15.7. The third kappa shape index (κ3) is 3.02. The van der Waals surface area contributed by atoms with Crippen molar-refractivity contribution in [2.75, 3.05) is 19.4 Å². The van der Waals surface area contributed by atoms with Gasteiger partial charge in [0.05, 0.1) is 5.52 Å². The van der Waals surface area contributed by atoms with Gasteiger partial charge in [-0.3, -0.25) is 0 Å². The van der Waals surface area contributed by atoms with E-state index in [4.69, 9.17) is 0 Å². The molecule has 4 nitrogen and oxygen atoms in total. The SMILES string of the molecule is CN(C)C1CCC(Nc2ncnc3cc(F)c(F)cc23)CC1. The van der Waals surface area contributed by atoms with Crippen LogP contribution >= 0.6 is 0 Å². The molecule has 0 spiro atoms.